The van der Waals surface area contributed by atoms with Crippen molar-refractivity contribution in [2.45, 2.75) is 188 Å². The van der Waals surface area contributed by atoms with Gasteiger partial charge in [-0.25, -0.2) is 0 Å². The molecule has 0 amide bonds. The van der Waals surface area contributed by atoms with Crippen molar-refractivity contribution < 1.29 is 19.7 Å². The first-order valence-corrected chi connectivity index (χ1v) is 21.2. The number of esters is 1. The summed E-state index contributed by atoms with van der Waals surface area (Å²) in [6.07, 6.45) is 34.6. The first-order chi connectivity index (χ1) is 23.9. The summed E-state index contributed by atoms with van der Waals surface area (Å²) < 4.78 is 5.98. The first kappa shape index (κ1) is 41.1. The molecule has 0 saturated heterocycles. The minimum Gasteiger partial charge on any atom is -0.462 e. The van der Waals surface area contributed by atoms with Crippen molar-refractivity contribution in [3.05, 3.63) is 48.1 Å². The van der Waals surface area contributed by atoms with Crippen molar-refractivity contribution in [1.82, 2.24) is 0 Å². The molecular weight excluding hydrogens is 617 g/mol. The number of aliphatic hydroxyl groups is 2. The summed E-state index contributed by atoms with van der Waals surface area (Å²) in [5, 5.41) is 23.9. The van der Waals surface area contributed by atoms with E-state index < -0.39 is 17.1 Å². The maximum atomic E-state index is 12.9. The van der Waals surface area contributed by atoms with Gasteiger partial charge in [0.2, 0.25) is 0 Å². The number of aliphatic hydroxyl groups excluding tert-OH is 1. The second-order valence-corrected chi connectivity index (χ2v) is 18.0. The predicted molar refractivity (Wildman–Crippen MR) is 210 cm³/mol. The molecule has 0 radical (unpaired) electrons. The lowest BCUT2D eigenvalue weighted by Crippen LogP contribution is -2.65. The summed E-state index contributed by atoms with van der Waals surface area (Å²) in [6, 6.07) is 0. The summed E-state index contributed by atoms with van der Waals surface area (Å²) in [5.74, 6) is 3.04. The molecule has 0 aromatic rings. The zero-order chi connectivity index (χ0) is 36.4. The average Bonchev–Trinajstić information content (AvgIpc) is 3.44. The van der Waals surface area contributed by atoms with Gasteiger partial charge >= 0.3 is 5.97 Å². The highest BCUT2D eigenvalue weighted by Crippen LogP contribution is 2.67. The second kappa shape index (κ2) is 18.9. The largest absolute Gasteiger partial charge is 0.462 e. The maximum Gasteiger partial charge on any atom is 0.306 e. The highest BCUT2D eigenvalue weighted by molar-refractivity contribution is 5.69. The van der Waals surface area contributed by atoms with E-state index >= 15 is 0 Å². The van der Waals surface area contributed by atoms with Crippen LogP contribution in [0.1, 0.15) is 170 Å². The Bertz CT molecular complexity index is 1180. The molecule has 0 aromatic heterocycles. The molecule has 10 atom stereocenters. The monoisotopic (exact) mass is 693 g/mol. The molecule has 0 heterocycles. The maximum absolute atomic E-state index is 12.9. The van der Waals surface area contributed by atoms with Gasteiger partial charge in [-0.3, -0.25) is 4.79 Å². The molecule has 0 bridgehead atoms. The Morgan fingerprint density at radius 1 is 0.860 bits per heavy atom. The second-order valence-electron chi connectivity index (χ2n) is 18.0. The molecule has 4 heteroatoms. The zero-order valence-electron chi connectivity index (χ0n) is 33.3. The molecule has 0 aliphatic heterocycles. The Morgan fingerprint density at radius 3 is 2.24 bits per heavy atom. The van der Waals surface area contributed by atoms with E-state index in [1.807, 2.05) is 0 Å². The lowest BCUT2D eigenvalue weighted by atomic mass is 9.45. The van der Waals surface area contributed by atoms with E-state index in [9.17, 15) is 15.0 Å². The van der Waals surface area contributed by atoms with E-state index in [2.05, 4.69) is 91.0 Å². The van der Waals surface area contributed by atoms with Gasteiger partial charge in [0.1, 0.15) is 17.8 Å². The van der Waals surface area contributed by atoms with Gasteiger partial charge < -0.3 is 14.9 Å². The Kier molecular flexibility index (Phi) is 15.5. The number of carbonyl (C=O) groups excluding carboxylic acids is 1. The fourth-order valence-corrected chi connectivity index (χ4v) is 10.6. The average molecular weight is 693 g/mol. The van der Waals surface area contributed by atoms with Crippen LogP contribution in [0.15, 0.2) is 48.1 Å². The molecule has 4 aliphatic carbocycles. The molecule has 0 aromatic carbocycles. The number of unbranched alkanes of at least 4 members (excludes halogenated alkanes) is 8. The molecule has 2 N–H and O–H groups in total. The van der Waals surface area contributed by atoms with Gasteiger partial charge in [0.05, 0.1) is 0 Å². The number of carbonyl (C=O) groups is 1. The van der Waals surface area contributed by atoms with Gasteiger partial charge in [0, 0.05) is 18.3 Å². The van der Waals surface area contributed by atoms with Crippen LogP contribution in [0.2, 0.25) is 0 Å². The van der Waals surface area contributed by atoms with Crippen LogP contribution in [0.25, 0.3) is 0 Å². The molecule has 4 nitrogen and oxygen atoms in total. The van der Waals surface area contributed by atoms with E-state index in [0.29, 0.717) is 42.4 Å². The van der Waals surface area contributed by atoms with Crippen molar-refractivity contribution in [2.24, 2.45) is 46.3 Å². The Labute approximate surface area is 307 Å². The number of rotatable bonds is 19. The summed E-state index contributed by atoms with van der Waals surface area (Å²) in [7, 11) is 0. The summed E-state index contributed by atoms with van der Waals surface area (Å²) in [5.41, 5.74) is -0.0208. The molecule has 0 spiro atoms. The lowest BCUT2D eigenvalue weighted by molar-refractivity contribution is -0.216. The fraction of sp³-hybridized carbons (Fsp3) is 0.804. The molecule has 3 fully saturated rings. The fourth-order valence-electron chi connectivity index (χ4n) is 10.6. The van der Waals surface area contributed by atoms with Gasteiger partial charge in [0.15, 0.2) is 0 Å². The zero-order valence-corrected chi connectivity index (χ0v) is 33.3. The highest BCUT2D eigenvalue weighted by Gasteiger charge is 2.65. The number of fused-ring (bicyclic) bond motifs is 5. The van der Waals surface area contributed by atoms with Gasteiger partial charge in [-0.2, -0.15) is 0 Å². The van der Waals surface area contributed by atoms with Crippen LogP contribution in [0, 0.1) is 46.3 Å². The van der Waals surface area contributed by atoms with Gasteiger partial charge in [-0.1, -0.05) is 129 Å². The van der Waals surface area contributed by atoms with Crippen LogP contribution in [0.4, 0.5) is 0 Å². The third-order valence-electron chi connectivity index (χ3n) is 14.3. The molecule has 50 heavy (non-hydrogen) atoms. The minimum atomic E-state index is -1.27. The van der Waals surface area contributed by atoms with Crippen molar-refractivity contribution in [2.75, 3.05) is 0 Å². The van der Waals surface area contributed by atoms with Crippen LogP contribution in [-0.4, -0.2) is 34.0 Å². The predicted octanol–water partition coefficient (Wildman–Crippen LogP) is 11.9. The first-order valence-electron chi connectivity index (χ1n) is 21.2. The Hall–Kier alpha value is -1.65. The van der Waals surface area contributed by atoms with Crippen LogP contribution in [0.5, 0.6) is 0 Å². The van der Waals surface area contributed by atoms with E-state index in [0.717, 1.165) is 51.4 Å². The number of ether oxygens (including phenoxy) is 1. The van der Waals surface area contributed by atoms with Crippen molar-refractivity contribution in [1.29, 1.82) is 0 Å². The van der Waals surface area contributed by atoms with E-state index in [-0.39, 0.29) is 23.4 Å². The SMILES string of the molecule is CCCCCC=CCC=CCCCCCCCC(=O)O[C@H]1CC[C@]2(C)[C@H]3CC[C@]4(C)[C@@H]([C@H](C)/C=C/[C@H](C)C(C)C)CC[C@H]4C3=C[C@H](O)[C@@]2(O)C1. The van der Waals surface area contributed by atoms with E-state index in [1.54, 1.807) is 0 Å². The topological polar surface area (TPSA) is 66.8 Å². The van der Waals surface area contributed by atoms with Crippen LogP contribution in [-0.2, 0) is 9.53 Å². The number of hydrogen-bond donors (Lipinski definition) is 2. The summed E-state index contributed by atoms with van der Waals surface area (Å²) in [6.45, 7) is 16.3. The number of allylic oxidation sites excluding steroid dienone is 7. The van der Waals surface area contributed by atoms with E-state index in [4.69, 9.17) is 4.74 Å². The molecule has 4 aliphatic rings. The smallest absolute Gasteiger partial charge is 0.306 e. The van der Waals surface area contributed by atoms with Crippen LogP contribution >= 0.6 is 0 Å². The Balaban J connectivity index is 1.21. The molecule has 3 saturated carbocycles. The summed E-state index contributed by atoms with van der Waals surface area (Å²) >= 11 is 0. The standard InChI is InChI=1S/C46H76O4/c1-8-9-10-11-12-13-14-15-16-17-18-19-20-21-22-23-43(48)50-37-28-31-45(7)41-29-30-44(6)39(36(5)25-24-35(4)34(2)3)26-27-40(44)38(41)32-42(47)46(45,49)33-37/h12-13,15-16,24-25,32,34-37,39-42,47,49H,8-11,14,17-23,26-31,33H2,1-7H3/b13-12?,16-15?,25-24+/t35-,36+,37-,39+,40-,41-,42-,44+,45+,46-/m0/s1. The molecule has 4 rings (SSSR count). The quantitative estimate of drug-likeness (QED) is 0.0803. The van der Waals surface area contributed by atoms with Gasteiger partial charge in [-0.05, 0) is 118 Å². The van der Waals surface area contributed by atoms with Gasteiger partial charge in [-0.15, -0.1) is 0 Å². The normalized spacial score (nSPS) is 35.3. The lowest BCUT2D eigenvalue weighted by Gasteiger charge is -2.62. The molecule has 0 unspecified atom stereocenters. The van der Waals surface area contributed by atoms with Crippen LogP contribution in [0.3, 0.4) is 0 Å². The van der Waals surface area contributed by atoms with E-state index in [1.165, 1.54) is 63.4 Å². The highest BCUT2D eigenvalue weighted by atomic mass is 16.5. The van der Waals surface area contributed by atoms with Crippen molar-refractivity contribution in [3.63, 3.8) is 0 Å². The number of hydrogen-bond acceptors (Lipinski definition) is 4. The van der Waals surface area contributed by atoms with Crippen molar-refractivity contribution in [3.8, 4) is 0 Å². The molecular formula is C46H76O4. The van der Waals surface area contributed by atoms with Crippen LogP contribution < -0.4 is 0 Å². The Morgan fingerprint density at radius 2 is 1.54 bits per heavy atom. The minimum absolute atomic E-state index is 0.147. The third kappa shape index (κ3) is 9.66. The van der Waals surface area contributed by atoms with Gasteiger partial charge in [0.25, 0.3) is 0 Å². The van der Waals surface area contributed by atoms with Crippen molar-refractivity contribution >= 4 is 5.97 Å². The summed E-state index contributed by atoms with van der Waals surface area (Å²) in [4.78, 5) is 12.9. The third-order valence-corrected chi connectivity index (χ3v) is 14.3. The molecule has 284 valence electrons.